The summed E-state index contributed by atoms with van der Waals surface area (Å²) in [5.41, 5.74) is 4.48. The van der Waals surface area contributed by atoms with Gasteiger partial charge in [-0.15, -0.1) is 11.3 Å². The van der Waals surface area contributed by atoms with Crippen LogP contribution in [-0.2, 0) is 6.54 Å². The number of para-hydroxylation sites is 1. The molecule has 1 saturated heterocycles. The molecular formula is C20H28N2S. The fourth-order valence-electron chi connectivity index (χ4n) is 3.46. The zero-order valence-corrected chi connectivity index (χ0v) is 15.6. The molecule has 124 valence electrons. The molecule has 0 N–H and O–H groups in total. The zero-order chi connectivity index (χ0) is 16.4. The van der Waals surface area contributed by atoms with Crippen LogP contribution in [0.4, 0.5) is 5.69 Å². The number of hydrogen-bond acceptors (Lipinski definition) is 3. The maximum atomic E-state index is 2.60. The van der Waals surface area contributed by atoms with Crippen molar-refractivity contribution < 1.29 is 0 Å². The molecule has 0 unspecified atom stereocenters. The van der Waals surface area contributed by atoms with Crippen molar-refractivity contribution in [3.63, 3.8) is 0 Å². The first-order valence-electron chi connectivity index (χ1n) is 8.68. The standard InChI is InChI=1S/C20H28N2S/c1-15(2)18-8-5-9-19(16(3)4)20(18)22-11-10-21(14-22)13-17-7-6-12-23-17/h5-9,12,15-16H,10-11,13-14H2,1-4H3. The number of anilines is 1. The number of thiophene rings is 1. The minimum atomic E-state index is 0.565. The Labute approximate surface area is 144 Å². The second-order valence-electron chi connectivity index (χ2n) is 7.13. The number of rotatable bonds is 5. The highest BCUT2D eigenvalue weighted by Crippen LogP contribution is 2.36. The van der Waals surface area contributed by atoms with Gasteiger partial charge in [0.05, 0.1) is 6.67 Å². The van der Waals surface area contributed by atoms with Crippen molar-refractivity contribution in [1.29, 1.82) is 0 Å². The third-order valence-electron chi connectivity index (χ3n) is 4.68. The molecule has 1 aromatic heterocycles. The fourth-order valence-corrected chi connectivity index (χ4v) is 4.20. The van der Waals surface area contributed by atoms with Crippen molar-refractivity contribution in [2.45, 2.75) is 46.1 Å². The first kappa shape index (κ1) is 16.5. The van der Waals surface area contributed by atoms with Gasteiger partial charge in [-0.05, 0) is 34.4 Å². The SMILES string of the molecule is CC(C)c1cccc(C(C)C)c1N1CCN(Cc2cccs2)C1. The Morgan fingerprint density at radius 2 is 1.65 bits per heavy atom. The average Bonchev–Trinajstić information content (AvgIpc) is 3.18. The van der Waals surface area contributed by atoms with Crippen molar-refractivity contribution in [2.75, 3.05) is 24.7 Å². The summed E-state index contributed by atoms with van der Waals surface area (Å²) >= 11 is 1.86. The highest BCUT2D eigenvalue weighted by Gasteiger charge is 2.25. The van der Waals surface area contributed by atoms with Crippen LogP contribution in [0.2, 0.25) is 0 Å². The van der Waals surface area contributed by atoms with Crippen molar-refractivity contribution >= 4 is 17.0 Å². The number of benzene rings is 1. The molecule has 0 saturated carbocycles. The van der Waals surface area contributed by atoms with E-state index in [1.165, 1.54) is 21.7 Å². The second kappa shape index (κ2) is 7.06. The summed E-state index contributed by atoms with van der Waals surface area (Å²) in [4.78, 5) is 6.62. The van der Waals surface area contributed by atoms with Gasteiger partial charge in [0, 0.05) is 30.2 Å². The molecule has 0 bridgehead atoms. The van der Waals surface area contributed by atoms with E-state index >= 15 is 0 Å². The Balaban J connectivity index is 1.84. The molecule has 0 atom stereocenters. The number of nitrogens with zero attached hydrogens (tertiary/aromatic N) is 2. The summed E-state index contributed by atoms with van der Waals surface area (Å²) in [6, 6.07) is 11.3. The highest BCUT2D eigenvalue weighted by atomic mass is 32.1. The van der Waals surface area contributed by atoms with Crippen molar-refractivity contribution in [2.24, 2.45) is 0 Å². The first-order chi connectivity index (χ1) is 11.1. The maximum absolute atomic E-state index is 2.60. The van der Waals surface area contributed by atoms with Crippen LogP contribution >= 0.6 is 11.3 Å². The Hall–Kier alpha value is -1.32. The van der Waals surface area contributed by atoms with Gasteiger partial charge in [0.2, 0.25) is 0 Å². The molecule has 0 amide bonds. The summed E-state index contributed by atoms with van der Waals surface area (Å²) in [5, 5.41) is 2.17. The quantitative estimate of drug-likeness (QED) is 0.737. The lowest BCUT2D eigenvalue weighted by atomic mass is 9.92. The molecule has 1 aliphatic heterocycles. The molecule has 2 aromatic rings. The van der Waals surface area contributed by atoms with Crippen LogP contribution in [0.1, 0.15) is 55.5 Å². The van der Waals surface area contributed by atoms with E-state index in [1.807, 2.05) is 11.3 Å². The van der Waals surface area contributed by atoms with E-state index in [0.717, 1.165) is 26.3 Å². The molecule has 0 spiro atoms. The van der Waals surface area contributed by atoms with Crippen LogP contribution in [0.5, 0.6) is 0 Å². The first-order valence-corrected chi connectivity index (χ1v) is 9.56. The van der Waals surface area contributed by atoms with Gasteiger partial charge < -0.3 is 4.90 Å². The van der Waals surface area contributed by atoms with E-state index in [0.29, 0.717) is 11.8 Å². The number of hydrogen-bond donors (Lipinski definition) is 0. The molecule has 1 aromatic carbocycles. The lowest BCUT2D eigenvalue weighted by Crippen LogP contribution is -2.26. The topological polar surface area (TPSA) is 6.48 Å². The van der Waals surface area contributed by atoms with Crippen LogP contribution < -0.4 is 4.90 Å². The maximum Gasteiger partial charge on any atom is 0.0711 e. The zero-order valence-electron chi connectivity index (χ0n) is 14.7. The summed E-state index contributed by atoms with van der Waals surface area (Å²) in [6.07, 6.45) is 0. The Kier molecular flexibility index (Phi) is 5.08. The molecule has 2 nitrogen and oxygen atoms in total. The molecule has 1 fully saturated rings. The summed E-state index contributed by atoms with van der Waals surface area (Å²) in [5.74, 6) is 1.13. The fraction of sp³-hybridized carbons (Fsp3) is 0.500. The van der Waals surface area contributed by atoms with Crippen molar-refractivity contribution in [3.8, 4) is 0 Å². The van der Waals surface area contributed by atoms with Gasteiger partial charge in [0.1, 0.15) is 0 Å². The van der Waals surface area contributed by atoms with Crippen LogP contribution in [0.15, 0.2) is 35.7 Å². The van der Waals surface area contributed by atoms with Gasteiger partial charge in [-0.3, -0.25) is 4.90 Å². The Bertz CT molecular complexity index is 605. The third-order valence-corrected chi connectivity index (χ3v) is 5.54. The van der Waals surface area contributed by atoms with Gasteiger partial charge in [-0.1, -0.05) is 52.0 Å². The molecule has 3 heteroatoms. The lowest BCUT2D eigenvalue weighted by molar-refractivity contribution is 0.337. The summed E-state index contributed by atoms with van der Waals surface area (Å²) in [7, 11) is 0. The average molecular weight is 329 g/mol. The van der Waals surface area contributed by atoms with Crippen LogP contribution in [0.25, 0.3) is 0 Å². The predicted molar refractivity (Wildman–Crippen MR) is 102 cm³/mol. The predicted octanol–water partition coefficient (Wildman–Crippen LogP) is 5.27. The van der Waals surface area contributed by atoms with Crippen molar-refractivity contribution in [1.82, 2.24) is 4.90 Å². The molecular weight excluding hydrogens is 300 g/mol. The van der Waals surface area contributed by atoms with E-state index < -0.39 is 0 Å². The summed E-state index contributed by atoms with van der Waals surface area (Å²) in [6.45, 7) is 13.6. The van der Waals surface area contributed by atoms with E-state index in [4.69, 9.17) is 0 Å². The largest absolute Gasteiger partial charge is 0.357 e. The smallest absolute Gasteiger partial charge is 0.0711 e. The Morgan fingerprint density at radius 3 is 2.22 bits per heavy atom. The van der Waals surface area contributed by atoms with Crippen LogP contribution in [0.3, 0.4) is 0 Å². The monoisotopic (exact) mass is 328 g/mol. The van der Waals surface area contributed by atoms with E-state index in [2.05, 4.69) is 73.2 Å². The van der Waals surface area contributed by atoms with Crippen LogP contribution in [-0.4, -0.2) is 24.7 Å². The molecule has 0 radical (unpaired) electrons. The van der Waals surface area contributed by atoms with Crippen LogP contribution in [0, 0.1) is 0 Å². The third kappa shape index (κ3) is 3.61. The normalized spacial score (nSPS) is 16.0. The van der Waals surface area contributed by atoms with Gasteiger partial charge >= 0.3 is 0 Å². The minimum absolute atomic E-state index is 0.565. The lowest BCUT2D eigenvalue weighted by Gasteiger charge is -2.28. The van der Waals surface area contributed by atoms with Crippen molar-refractivity contribution in [3.05, 3.63) is 51.7 Å². The van der Waals surface area contributed by atoms with Gasteiger partial charge in [0.15, 0.2) is 0 Å². The van der Waals surface area contributed by atoms with E-state index in [1.54, 1.807) is 0 Å². The molecule has 0 aliphatic carbocycles. The van der Waals surface area contributed by atoms with E-state index in [-0.39, 0.29) is 0 Å². The van der Waals surface area contributed by atoms with Gasteiger partial charge in [0.25, 0.3) is 0 Å². The minimum Gasteiger partial charge on any atom is -0.357 e. The van der Waals surface area contributed by atoms with Gasteiger partial charge in [-0.25, -0.2) is 0 Å². The molecule has 2 heterocycles. The molecule has 3 rings (SSSR count). The van der Waals surface area contributed by atoms with E-state index in [9.17, 15) is 0 Å². The molecule has 23 heavy (non-hydrogen) atoms. The van der Waals surface area contributed by atoms with Gasteiger partial charge in [-0.2, -0.15) is 0 Å². The molecule has 1 aliphatic rings. The highest BCUT2D eigenvalue weighted by molar-refractivity contribution is 7.09. The Morgan fingerprint density at radius 1 is 0.957 bits per heavy atom. The second-order valence-corrected chi connectivity index (χ2v) is 8.16. The summed E-state index contributed by atoms with van der Waals surface area (Å²) < 4.78 is 0.